The van der Waals surface area contributed by atoms with Crippen molar-refractivity contribution in [2.45, 2.75) is 77.2 Å². The van der Waals surface area contributed by atoms with Gasteiger partial charge in [0.2, 0.25) is 0 Å². The summed E-state index contributed by atoms with van der Waals surface area (Å²) < 4.78 is 31.6. The van der Waals surface area contributed by atoms with E-state index in [1.165, 1.54) is 24.5 Å². The van der Waals surface area contributed by atoms with Gasteiger partial charge in [0.1, 0.15) is 17.9 Å². The predicted octanol–water partition coefficient (Wildman–Crippen LogP) is 3.90. The first-order valence-corrected chi connectivity index (χ1v) is 17.9. The molecule has 3 amide bonds. The average molecular weight is 681 g/mol. The van der Waals surface area contributed by atoms with Crippen LogP contribution in [0.5, 0.6) is 11.6 Å². The number of piperidine rings is 1. The maximum absolute atomic E-state index is 14.3. The molecule has 0 unspecified atom stereocenters. The molecule has 5 aliphatic rings. The highest BCUT2D eigenvalue weighted by Crippen LogP contribution is 2.45. The summed E-state index contributed by atoms with van der Waals surface area (Å²) in [6, 6.07) is 3.92. The summed E-state index contributed by atoms with van der Waals surface area (Å²) >= 11 is 0. The molecule has 0 bridgehead atoms. The van der Waals surface area contributed by atoms with Crippen molar-refractivity contribution in [2.24, 2.45) is 11.3 Å². The van der Waals surface area contributed by atoms with Crippen molar-refractivity contribution in [1.82, 2.24) is 35.2 Å². The van der Waals surface area contributed by atoms with E-state index in [4.69, 9.17) is 14.2 Å². The largest absolute Gasteiger partial charge is 0.434 e. The number of hydrogen-bond donors (Lipinski definition) is 1. The Balaban J connectivity index is 0.902. The van der Waals surface area contributed by atoms with Crippen LogP contribution in [0.25, 0.3) is 0 Å². The summed E-state index contributed by atoms with van der Waals surface area (Å²) in [6.07, 6.45) is 7.61. The Morgan fingerprint density at radius 1 is 1.10 bits per heavy atom. The first kappa shape index (κ1) is 33.9. The second-order valence-corrected chi connectivity index (χ2v) is 14.9. The molecule has 1 aromatic carbocycles. The number of anilines is 1. The van der Waals surface area contributed by atoms with Crippen LogP contribution >= 0.6 is 0 Å². The highest BCUT2D eigenvalue weighted by molar-refractivity contribution is 5.97. The van der Waals surface area contributed by atoms with Crippen LogP contribution in [-0.2, 0) is 9.47 Å². The minimum Gasteiger partial charge on any atom is -0.434 e. The van der Waals surface area contributed by atoms with E-state index in [9.17, 15) is 14.0 Å². The first-order valence-electron chi connectivity index (χ1n) is 17.9. The van der Waals surface area contributed by atoms with E-state index in [2.05, 4.69) is 30.3 Å². The minimum atomic E-state index is -0.508. The van der Waals surface area contributed by atoms with Crippen LogP contribution < -0.4 is 15.0 Å². The Bertz CT molecular complexity index is 1500. The number of carbonyl (C=O) groups is 2. The van der Waals surface area contributed by atoms with E-state index in [1.807, 2.05) is 25.7 Å². The standard InChI is InChI=1S/C35H49FN8O5/c1-4-44(24(2)3)32(45)27-17-26(36)5-6-28(27)49-31-30(37-23-38-40-31)43-20-34(21-43)11-13-41(14-12-34)18-25-7-9-35(10-8-25)22-42(33(46)39-35)19-29-47-15-16-48-29/h5-6,17,23-25,29H,4,7-16,18-22H2,1-3H3,(H,39,46). The molecule has 1 N–H and O–H groups in total. The number of nitrogens with zero attached hydrogens (tertiary/aromatic N) is 7. The topological polar surface area (TPSA) is 125 Å². The fraction of sp³-hybridized carbons (Fsp3) is 0.686. The van der Waals surface area contributed by atoms with E-state index >= 15 is 0 Å². The molecule has 2 aromatic rings. The van der Waals surface area contributed by atoms with Gasteiger partial charge >= 0.3 is 6.03 Å². The van der Waals surface area contributed by atoms with Crippen LogP contribution in [-0.4, -0.2) is 125 Å². The molecule has 0 atom stereocenters. The molecule has 1 aromatic heterocycles. The molecule has 7 rings (SSSR count). The number of aromatic nitrogens is 3. The Labute approximate surface area is 287 Å². The molecule has 2 spiro atoms. The van der Waals surface area contributed by atoms with E-state index in [0.29, 0.717) is 38.0 Å². The van der Waals surface area contributed by atoms with Crippen molar-refractivity contribution in [3.8, 4) is 11.6 Å². The third kappa shape index (κ3) is 7.18. The molecule has 4 saturated heterocycles. The molecule has 14 heteroatoms. The van der Waals surface area contributed by atoms with E-state index in [1.54, 1.807) is 4.90 Å². The lowest BCUT2D eigenvalue weighted by Gasteiger charge is -2.54. The van der Waals surface area contributed by atoms with Crippen molar-refractivity contribution in [1.29, 1.82) is 0 Å². The lowest BCUT2D eigenvalue weighted by molar-refractivity contribution is -0.0544. The number of likely N-dealkylation sites (tertiary alicyclic amines) is 1. The molecule has 13 nitrogen and oxygen atoms in total. The fourth-order valence-corrected chi connectivity index (χ4v) is 8.43. The molecule has 49 heavy (non-hydrogen) atoms. The van der Waals surface area contributed by atoms with Crippen LogP contribution in [0.1, 0.15) is 69.7 Å². The summed E-state index contributed by atoms with van der Waals surface area (Å²) in [4.78, 5) is 38.9. The molecule has 5 heterocycles. The number of hydrogen-bond acceptors (Lipinski definition) is 10. The second kappa shape index (κ2) is 13.9. The van der Waals surface area contributed by atoms with E-state index in [-0.39, 0.29) is 52.4 Å². The third-order valence-electron chi connectivity index (χ3n) is 11.2. The highest BCUT2D eigenvalue weighted by Gasteiger charge is 2.48. The number of rotatable bonds is 10. The van der Waals surface area contributed by atoms with Crippen molar-refractivity contribution < 1.29 is 28.2 Å². The summed E-state index contributed by atoms with van der Waals surface area (Å²) in [6.45, 7) is 13.6. The predicted molar refractivity (Wildman–Crippen MR) is 179 cm³/mol. The van der Waals surface area contributed by atoms with Crippen LogP contribution in [0.2, 0.25) is 0 Å². The normalized spacial score (nSPS) is 25.7. The number of carbonyl (C=O) groups excluding carboxylic acids is 2. The Morgan fingerprint density at radius 3 is 2.53 bits per heavy atom. The molecule has 5 fully saturated rings. The molecular formula is C35H49FN8O5. The van der Waals surface area contributed by atoms with Gasteiger partial charge in [0.25, 0.3) is 11.8 Å². The van der Waals surface area contributed by atoms with Crippen LogP contribution in [0.4, 0.5) is 15.0 Å². The Kier molecular flexibility index (Phi) is 9.64. The Morgan fingerprint density at radius 2 is 1.84 bits per heavy atom. The van der Waals surface area contributed by atoms with Crippen LogP contribution in [0.3, 0.4) is 0 Å². The maximum atomic E-state index is 14.3. The van der Waals surface area contributed by atoms with Crippen molar-refractivity contribution in [2.75, 3.05) is 70.5 Å². The van der Waals surface area contributed by atoms with Gasteiger partial charge in [0, 0.05) is 44.2 Å². The zero-order valence-electron chi connectivity index (χ0n) is 28.9. The lowest BCUT2D eigenvalue weighted by atomic mass is 9.71. The number of halogens is 1. The number of benzene rings is 1. The van der Waals surface area contributed by atoms with Gasteiger partial charge in [-0.05, 0) is 96.5 Å². The maximum Gasteiger partial charge on any atom is 0.318 e. The number of nitrogens with one attached hydrogen (secondary N) is 1. The Hall–Kier alpha value is -3.62. The van der Waals surface area contributed by atoms with Gasteiger partial charge in [0.05, 0.1) is 30.9 Å². The number of ether oxygens (including phenoxy) is 3. The number of amides is 3. The zero-order chi connectivity index (χ0) is 34.2. The van der Waals surface area contributed by atoms with Crippen LogP contribution in [0, 0.1) is 17.2 Å². The van der Waals surface area contributed by atoms with Gasteiger partial charge in [-0.2, -0.15) is 0 Å². The van der Waals surface area contributed by atoms with Gasteiger partial charge in [0.15, 0.2) is 12.1 Å². The fourth-order valence-electron chi connectivity index (χ4n) is 8.43. The molecule has 1 saturated carbocycles. The van der Waals surface area contributed by atoms with Crippen LogP contribution in [0.15, 0.2) is 24.5 Å². The zero-order valence-corrected chi connectivity index (χ0v) is 28.9. The van der Waals surface area contributed by atoms with E-state index in [0.717, 1.165) is 77.8 Å². The SMILES string of the molecule is CCN(C(=O)c1cc(F)ccc1Oc1nncnc1N1CC2(CCN(CC3CCC4(CC3)CN(CC3OCCO3)C(=O)N4)CC2)C1)C(C)C. The second-order valence-electron chi connectivity index (χ2n) is 14.9. The van der Waals surface area contributed by atoms with Gasteiger partial charge in [-0.15, -0.1) is 10.2 Å². The smallest absolute Gasteiger partial charge is 0.318 e. The molecular weight excluding hydrogens is 631 g/mol. The molecule has 1 aliphatic carbocycles. The molecule has 0 radical (unpaired) electrons. The highest BCUT2D eigenvalue weighted by atomic mass is 19.1. The monoisotopic (exact) mass is 680 g/mol. The van der Waals surface area contributed by atoms with Gasteiger partial charge in [-0.3, -0.25) is 4.79 Å². The third-order valence-corrected chi connectivity index (χ3v) is 11.2. The van der Waals surface area contributed by atoms with Crippen molar-refractivity contribution >= 4 is 17.8 Å². The lowest BCUT2D eigenvalue weighted by Crippen LogP contribution is -2.61. The van der Waals surface area contributed by atoms with Gasteiger partial charge < -0.3 is 39.1 Å². The summed E-state index contributed by atoms with van der Waals surface area (Å²) in [5, 5.41) is 11.5. The average Bonchev–Trinajstić information content (AvgIpc) is 3.70. The minimum absolute atomic E-state index is 0.00473. The summed E-state index contributed by atoms with van der Waals surface area (Å²) in [5.41, 5.74) is 0.242. The number of urea groups is 1. The quantitative estimate of drug-likeness (QED) is 0.395. The van der Waals surface area contributed by atoms with Gasteiger partial charge in [-0.1, -0.05) is 0 Å². The van der Waals surface area contributed by atoms with Crippen molar-refractivity contribution in [3.63, 3.8) is 0 Å². The van der Waals surface area contributed by atoms with Crippen molar-refractivity contribution in [3.05, 3.63) is 35.9 Å². The molecule has 266 valence electrons. The first-order chi connectivity index (χ1) is 23.6. The van der Waals surface area contributed by atoms with E-state index < -0.39 is 5.82 Å². The summed E-state index contributed by atoms with van der Waals surface area (Å²) in [5.74, 6) is 0.855. The van der Waals surface area contributed by atoms with Gasteiger partial charge in [-0.25, -0.2) is 14.2 Å². The molecule has 4 aliphatic heterocycles. The summed E-state index contributed by atoms with van der Waals surface area (Å²) in [7, 11) is 0.